The highest BCUT2D eigenvalue weighted by molar-refractivity contribution is 5.60. The van der Waals surface area contributed by atoms with E-state index < -0.39 is 0 Å². The predicted octanol–water partition coefficient (Wildman–Crippen LogP) is 3.03. The van der Waals surface area contributed by atoms with E-state index in [4.69, 9.17) is 5.84 Å². The van der Waals surface area contributed by atoms with Gasteiger partial charge in [-0.1, -0.05) is 43.7 Å². The van der Waals surface area contributed by atoms with Crippen LogP contribution in [-0.4, -0.2) is 16.5 Å². The maximum Gasteiger partial charge on any atom is 0.163 e. The van der Waals surface area contributed by atoms with E-state index in [1.807, 2.05) is 36.4 Å². The van der Waals surface area contributed by atoms with Crippen LogP contribution in [0, 0.1) is 5.41 Å². The lowest BCUT2D eigenvalue weighted by molar-refractivity contribution is 0.180. The van der Waals surface area contributed by atoms with Gasteiger partial charge in [0.25, 0.3) is 0 Å². The summed E-state index contributed by atoms with van der Waals surface area (Å²) in [5.74, 6) is 7.62. The molecular formula is C16H21N5. The Morgan fingerprint density at radius 3 is 2.48 bits per heavy atom. The standard InChI is InChI=1S/C16H21N5/c1-16(8-5-9-16)11-18-13-10-14(21-17)20-15(19-13)12-6-3-2-4-7-12/h2-4,6-7,10H,5,8-9,11,17H2,1H3,(H2,18,19,20,21). The molecule has 0 radical (unpaired) electrons. The number of aromatic nitrogens is 2. The molecule has 4 N–H and O–H groups in total. The van der Waals surface area contributed by atoms with Gasteiger partial charge in [0.15, 0.2) is 5.82 Å². The van der Waals surface area contributed by atoms with Gasteiger partial charge in [0.2, 0.25) is 0 Å². The van der Waals surface area contributed by atoms with Gasteiger partial charge in [-0.25, -0.2) is 15.8 Å². The fourth-order valence-corrected chi connectivity index (χ4v) is 2.59. The van der Waals surface area contributed by atoms with Crippen molar-refractivity contribution in [2.45, 2.75) is 26.2 Å². The summed E-state index contributed by atoms with van der Waals surface area (Å²) in [7, 11) is 0. The van der Waals surface area contributed by atoms with Crippen LogP contribution < -0.4 is 16.6 Å². The number of nitrogen functional groups attached to an aromatic ring is 1. The lowest BCUT2D eigenvalue weighted by Gasteiger charge is -2.38. The maximum atomic E-state index is 5.52. The van der Waals surface area contributed by atoms with Crippen LogP contribution in [0.4, 0.5) is 11.6 Å². The Morgan fingerprint density at radius 2 is 1.86 bits per heavy atom. The fraction of sp³-hybridized carbons (Fsp3) is 0.375. The summed E-state index contributed by atoms with van der Waals surface area (Å²) in [6, 6.07) is 11.8. The van der Waals surface area contributed by atoms with Gasteiger partial charge in [-0.2, -0.15) is 0 Å². The molecule has 1 fully saturated rings. The summed E-state index contributed by atoms with van der Waals surface area (Å²) in [5.41, 5.74) is 3.99. The first kappa shape index (κ1) is 13.8. The second-order valence-corrected chi connectivity index (χ2v) is 5.99. The minimum absolute atomic E-state index is 0.397. The molecule has 0 aliphatic heterocycles. The summed E-state index contributed by atoms with van der Waals surface area (Å²) in [6.45, 7) is 3.24. The second kappa shape index (κ2) is 5.69. The molecule has 1 aromatic heterocycles. The molecule has 0 unspecified atom stereocenters. The van der Waals surface area contributed by atoms with Crippen LogP contribution in [0.25, 0.3) is 11.4 Å². The number of hydrogen-bond acceptors (Lipinski definition) is 5. The highest BCUT2D eigenvalue weighted by atomic mass is 15.3. The summed E-state index contributed by atoms with van der Waals surface area (Å²) in [6.07, 6.45) is 3.88. The smallest absolute Gasteiger partial charge is 0.163 e. The van der Waals surface area contributed by atoms with E-state index in [1.54, 1.807) is 0 Å². The van der Waals surface area contributed by atoms with Gasteiger partial charge in [0, 0.05) is 18.2 Å². The minimum Gasteiger partial charge on any atom is -0.369 e. The van der Waals surface area contributed by atoms with Crippen molar-refractivity contribution < 1.29 is 0 Å². The third kappa shape index (κ3) is 3.13. The molecule has 0 spiro atoms. The molecule has 1 saturated carbocycles. The molecule has 3 rings (SSSR count). The number of nitrogens with zero attached hydrogens (tertiary/aromatic N) is 2. The van der Waals surface area contributed by atoms with Gasteiger partial charge < -0.3 is 10.7 Å². The van der Waals surface area contributed by atoms with Crippen LogP contribution in [0.5, 0.6) is 0 Å². The Morgan fingerprint density at radius 1 is 1.14 bits per heavy atom. The molecule has 21 heavy (non-hydrogen) atoms. The van der Waals surface area contributed by atoms with E-state index >= 15 is 0 Å². The topological polar surface area (TPSA) is 75.9 Å². The van der Waals surface area contributed by atoms with Crippen LogP contribution in [0.1, 0.15) is 26.2 Å². The number of nitrogens with one attached hydrogen (secondary N) is 2. The van der Waals surface area contributed by atoms with Crippen molar-refractivity contribution >= 4 is 11.6 Å². The molecule has 1 heterocycles. The van der Waals surface area contributed by atoms with Gasteiger partial charge in [0.05, 0.1) is 0 Å². The molecule has 1 aliphatic carbocycles. The molecule has 2 aromatic rings. The number of hydrogen-bond donors (Lipinski definition) is 3. The van der Waals surface area contributed by atoms with Crippen LogP contribution in [0.2, 0.25) is 0 Å². The molecule has 0 saturated heterocycles. The van der Waals surface area contributed by atoms with Crippen LogP contribution in [0.3, 0.4) is 0 Å². The van der Waals surface area contributed by atoms with Crippen molar-refractivity contribution in [1.29, 1.82) is 0 Å². The molecular weight excluding hydrogens is 262 g/mol. The van der Waals surface area contributed by atoms with E-state index in [0.29, 0.717) is 17.1 Å². The van der Waals surface area contributed by atoms with Gasteiger partial charge in [-0.05, 0) is 18.3 Å². The first-order chi connectivity index (χ1) is 10.2. The molecule has 5 heteroatoms. The van der Waals surface area contributed by atoms with Gasteiger partial charge >= 0.3 is 0 Å². The zero-order valence-electron chi connectivity index (χ0n) is 12.3. The highest BCUT2D eigenvalue weighted by Gasteiger charge is 2.31. The van der Waals surface area contributed by atoms with Crippen LogP contribution >= 0.6 is 0 Å². The van der Waals surface area contributed by atoms with Crippen molar-refractivity contribution in [2.24, 2.45) is 11.3 Å². The fourth-order valence-electron chi connectivity index (χ4n) is 2.59. The summed E-state index contributed by atoms with van der Waals surface area (Å²) < 4.78 is 0. The Labute approximate surface area is 125 Å². The molecule has 0 atom stereocenters. The summed E-state index contributed by atoms with van der Waals surface area (Å²) in [4.78, 5) is 9.01. The van der Waals surface area contributed by atoms with E-state index in [1.165, 1.54) is 19.3 Å². The zero-order valence-corrected chi connectivity index (χ0v) is 12.3. The van der Waals surface area contributed by atoms with Crippen molar-refractivity contribution in [2.75, 3.05) is 17.3 Å². The average molecular weight is 283 g/mol. The summed E-state index contributed by atoms with van der Waals surface area (Å²) in [5, 5.41) is 3.43. The predicted molar refractivity (Wildman–Crippen MR) is 85.7 cm³/mol. The van der Waals surface area contributed by atoms with Gasteiger partial charge in [-0.3, -0.25) is 0 Å². The monoisotopic (exact) mass is 283 g/mol. The molecule has 0 bridgehead atoms. The first-order valence-corrected chi connectivity index (χ1v) is 7.34. The number of anilines is 2. The molecule has 110 valence electrons. The third-order valence-corrected chi connectivity index (χ3v) is 4.16. The molecule has 1 aromatic carbocycles. The average Bonchev–Trinajstić information content (AvgIpc) is 2.51. The van der Waals surface area contributed by atoms with Crippen molar-refractivity contribution in [1.82, 2.24) is 9.97 Å². The Kier molecular flexibility index (Phi) is 3.75. The molecule has 1 aliphatic rings. The number of benzene rings is 1. The van der Waals surface area contributed by atoms with E-state index in [9.17, 15) is 0 Å². The lowest BCUT2D eigenvalue weighted by atomic mass is 9.70. The third-order valence-electron chi connectivity index (χ3n) is 4.16. The molecule has 0 amide bonds. The normalized spacial score (nSPS) is 16.1. The highest BCUT2D eigenvalue weighted by Crippen LogP contribution is 2.40. The Hall–Kier alpha value is -2.14. The van der Waals surface area contributed by atoms with Gasteiger partial charge in [0.1, 0.15) is 11.6 Å². The maximum absolute atomic E-state index is 5.52. The number of hydrazine groups is 1. The Bertz CT molecular complexity index is 607. The van der Waals surface area contributed by atoms with Crippen molar-refractivity contribution in [3.05, 3.63) is 36.4 Å². The van der Waals surface area contributed by atoms with Crippen molar-refractivity contribution in [3.8, 4) is 11.4 Å². The van der Waals surface area contributed by atoms with Gasteiger partial charge in [-0.15, -0.1) is 0 Å². The minimum atomic E-state index is 0.397. The lowest BCUT2D eigenvalue weighted by Crippen LogP contribution is -2.33. The Balaban J connectivity index is 1.83. The first-order valence-electron chi connectivity index (χ1n) is 7.34. The zero-order chi connectivity index (χ0) is 14.7. The SMILES string of the molecule is CC1(CNc2cc(NN)nc(-c3ccccc3)n2)CCC1. The summed E-state index contributed by atoms with van der Waals surface area (Å²) >= 11 is 0. The van der Waals surface area contributed by atoms with E-state index in [0.717, 1.165) is 17.9 Å². The van der Waals surface area contributed by atoms with Crippen molar-refractivity contribution in [3.63, 3.8) is 0 Å². The van der Waals surface area contributed by atoms with E-state index in [2.05, 4.69) is 27.6 Å². The largest absolute Gasteiger partial charge is 0.369 e. The second-order valence-electron chi connectivity index (χ2n) is 5.99. The van der Waals surface area contributed by atoms with Crippen LogP contribution in [0.15, 0.2) is 36.4 Å². The van der Waals surface area contributed by atoms with E-state index in [-0.39, 0.29) is 0 Å². The number of rotatable bonds is 5. The quantitative estimate of drug-likeness (QED) is 0.581. The number of nitrogens with two attached hydrogens (primary N) is 1. The van der Waals surface area contributed by atoms with Crippen LogP contribution in [-0.2, 0) is 0 Å². The molecule has 5 nitrogen and oxygen atoms in total.